The minimum atomic E-state index is 0.173. The number of hydrogen-bond acceptors (Lipinski definition) is 5. The van der Waals surface area contributed by atoms with Crippen molar-refractivity contribution in [1.82, 2.24) is 24.6 Å². The summed E-state index contributed by atoms with van der Waals surface area (Å²) in [5.41, 5.74) is 0.828. The van der Waals surface area contributed by atoms with Crippen LogP contribution in [0, 0.1) is 5.92 Å². The number of nitrogens with one attached hydrogen (secondary N) is 1. The molecule has 2 aromatic rings. The van der Waals surface area contributed by atoms with Crippen LogP contribution >= 0.6 is 0 Å². The van der Waals surface area contributed by atoms with Gasteiger partial charge in [0.15, 0.2) is 5.65 Å². The maximum Gasteiger partial charge on any atom is 0.225 e. The molecule has 0 aliphatic carbocycles. The van der Waals surface area contributed by atoms with Gasteiger partial charge in [-0.3, -0.25) is 9.48 Å². The van der Waals surface area contributed by atoms with Crippen LogP contribution in [0.2, 0.25) is 0 Å². The molecular weight excluding hydrogens is 304 g/mol. The van der Waals surface area contributed by atoms with Crippen molar-refractivity contribution in [2.24, 2.45) is 13.0 Å². The van der Waals surface area contributed by atoms with Crippen LogP contribution in [0.25, 0.3) is 11.0 Å². The van der Waals surface area contributed by atoms with Crippen LogP contribution in [0.5, 0.6) is 0 Å². The fourth-order valence-corrected chi connectivity index (χ4v) is 3.41. The molecule has 1 saturated heterocycles. The third kappa shape index (κ3) is 3.20. The second-order valence-corrected chi connectivity index (χ2v) is 6.49. The van der Waals surface area contributed by atoms with Gasteiger partial charge >= 0.3 is 0 Å². The highest BCUT2D eigenvalue weighted by Gasteiger charge is 2.26. The predicted molar refractivity (Wildman–Crippen MR) is 93.6 cm³/mol. The SMILES string of the molecule is CCC(CC)C(=O)N1CCC(Nc2ncnc3c2cnn3C)CC1. The lowest BCUT2D eigenvalue weighted by Gasteiger charge is -2.34. The summed E-state index contributed by atoms with van der Waals surface area (Å²) in [5, 5.41) is 8.70. The van der Waals surface area contributed by atoms with E-state index < -0.39 is 0 Å². The smallest absolute Gasteiger partial charge is 0.225 e. The third-order valence-electron chi connectivity index (χ3n) is 5.01. The molecule has 2 aromatic heterocycles. The van der Waals surface area contributed by atoms with Gasteiger partial charge in [-0.1, -0.05) is 13.8 Å². The fourth-order valence-electron chi connectivity index (χ4n) is 3.41. The van der Waals surface area contributed by atoms with Crippen molar-refractivity contribution >= 4 is 22.8 Å². The van der Waals surface area contributed by atoms with Crippen molar-refractivity contribution in [3.63, 3.8) is 0 Å². The number of anilines is 1. The minimum absolute atomic E-state index is 0.173. The van der Waals surface area contributed by atoms with Gasteiger partial charge in [-0.05, 0) is 25.7 Å². The van der Waals surface area contributed by atoms with E-state index in [-0.39, 0.29) is 5.92 Å². The molecule has 3 heterocycles. The molecule has 1 N–H and O–H groups in total. The Hall–Kier alpha value is -2.18. The lowest BCUT2D eigenvalue weighted by atomic mass is 9.98. The quantitative estimate of drug-likeness (QED) is 0.909. The van der Waals surface area contributed by atoms with E-state index in [4.69, 9.17) is 0 Å². The van der Waals surface area contributed by atoms with Crippen LogP contribution < -0.4 is 5.32 Å². The molecule has 0 saturated carbocycles. The van der Waals surface area contributed by atoms with Crippen molar-refractivity contribution in [1.29, 1.82) is 0 Å². The molecule has 24 heavy (non-hydrogen) atoms. The van der Waals surface area contributed by atoms with Crippen molar-refractivity contribution in [3.05, 3.63) is 12.5 Å². The summed E-state index contributed by atoms with van der Waals surface area (Å²) in [4.78, 5) is 23.1. The first-order chi connectivity index (χ1) is 11.6. The van der Waals surface area contributed by atoms with Crippen molar-refractivity contribution in [2.75, 3.05) is 18.4 Å². The van der Waals surface area contributed by atoms with Gasteiger partial charge in [-0.2, -0.15) is 5.10 Å². The van der Waals surface area contributed by atoms with Crippen LogP contribution in [0.4, 0.5) is 5.82 Å². The molecule has 130 valence electrons. The number of aromatic nitrogens is 4. The number of rotatable bonds is 5. The summed E-state index contributed by atoms with van der Waals surface area (Å²) in [6.07, 6.45) is 7.09. The molecule has 1 amide bonds. The molecule has 0 atom stereocenters. The second-order valence-electron chi connectivity index (χ2n) is 6.49. The third-order valence-corrected chi connectivity index (χ3v) is 5.01. The Labute approximate surface area is 142 Å². The van der Waals surface area contributed by atoms with E-state index in [1.807, 2.05) is 11.9 Å². The molecule has 0 spiro atoms. The van der Waals surface area contributed by atoms with Gasteiger partial charge in [0.1, 0.15) is 12.1 Å². The molecule has 0 bridgehead atoms. The number of amides is 1. The second kappa shape index (κ2) is 7.15. The van der Waals surface area contributed by atoms with Gasteiger partial charge in [0.25, 0.3) is 0 Å². The normalized spacial score (nSPS) is 16.1. The highest BCUT2D eigenvalue weighted by molar-refractivity contribution is 5.86. The monoisotopic (exact) mass is 330 g/mol. The van der Waals surface area contributed by atoms with Gasteiger partial charge in [0.2, 0.25) is 5.91 Å². The van der Waals surface area contributed by atoms with E-state index in [1.54, 1.807) is 17.2 Å². The Morgan fingerprint density at radius 3 is 2.67 bits per heavy atom. The van der Waals surface area contributed by atoms with Gasteiger partial charge in [0.05, 0.1) is 11.6 Å². The average molecular weight is 330 g/mol. The average Bonchev–Trinajstić information content (AvgIpc) is 2.99. The van der Waals surface area contributed by atoms with Crippen molar-refractivity contribution in [2.45, 2.75) is 45.6 Å². The van der Waals surface area contributed by atoms with E-state index >= 15 is 0 Å². The van der Waals surface area contributed by atoms with Gasteiger partial charge in [0, 0.05) is 32.1 Å². The van der Waals surface area contributed by atoms with E-state index in [2.05, 4.69) is 34.2 Å². The Morgan fingerprint density at radius 1 is 1.29 bits per heavy atom. The highest BCUT2D eigenvalue weighted by atomic mass is 16.2. The predicted octanol–water partition coefficient (Wildman–Crippen LogP) is 2.20. The number of carbonyl (C=O) groups is 1. The largest absolute Gasteiger partial charge is 0.366 e. The summed E-state index contributed by atoms with van der Waals surface area (Å²) in [7, 11) is 1.88. The van der Waals surface area contributed by atoms with Crippen LogP contribution in [0.3, 0.4) is 0 Å². The van der Waals surface area contributed by atoms with Crippen LogP contribution in [0.1, 0.15) is 39.5 Å². The molecule has 7 heteroatoms. The number of fused-ring (bicyclic) bond motifs is 1. The summed E-state index contributed by atoms with van der Waals surface area (Å²) in [5.74, 6) is 1.32. The van der Waals surface area contributed by atoms with Gasteiger partial charge in [-0.15, -0.1) is 0 Å². The Bertz CT molecular complexity index is 700. The molecule has 7 nitrogen and oxygen atoms in total. The summed E-state index contributed by atoms with van der Waals surface area (Å²) in [6, 6.07) is 0.328. The molecular formula is C17H26N6O. The Balaban J connectivity index is 1.62. The number of piperidine rings is 1. The van der Waals surface area contributed by atoms with Crippen molar-refractivity contribution < 1.29 is 4.79 Å². The molecule has 3 rings (SSSR count). The molecule has 0 unspecified atom stereocenters. The number of aryl methyl sites for hydroxylation is 1. The van der Waals surface area contributed by atoms with Crippen LogP contribution in [-0.2, 0) is 11.8 Å². The van der Waals surface area contributed by atoms with Gasteiger partial charge in [-0.25, -0.2) is 9.97 Å². The summed E-state index contributed by atoms with van der Waals surface area (Å²) in [6.45, 7) is 5.81. The zero-order chi connectivity index (χ0) is 17.1. The minimum Gasteiger partial charge on any atom is -0.366 e. The maximum absolute atomic E-state index is 12.5. The van der Waals surface area contributed by atoms with Crippen LogP contribution in [-0.4, -0.2) is 49.7 Å². The number of likely N-dealkylation sites (tertiary alicyclic amines) is 1. The summed E-state index contributed by atoms with van der Waals surface area (Å²) < 4.78 is 1.75. The molecule has 0 radical (unpaired) electrons. The lowest BCUT2D eigenvalue weighted by molar-refractivity contribution is -0.136. The van der Waals surface area contributed by atoms with Crippen LogP contribution in [0.15, 0.2) is 12.5 Å². The Morgan fingerprint density at radius 2 is 2.00 bits per heavy atom. The molecule has 1 aliphatic heterocycles. The topological polar surface area (TPSA) is 75.9 Å². The van der Waals surface area contributed by atoms with E-state index in [0.717, 1.165) is 55.6 Å². The molecule has 1 fully saturated rings. The number of nitrogens with zero attached hydrogens (tertiary/aromatic N) is 5. The molecule has 0 aromatic carbocycles. The van der Waals surface area contributed by atoms with E-state index in [9.17, 15) is 4.79 Å². The standard InChI is InChI=1S/C17H26N6O/c1-4-12(5-2)17(24)23-8-6-13(7-9-23)21-15-14-10-20-22(3)16(14)19-11-18-15/h10-13H,4-9H2,1-3H3,(H,18,19,21). The van der Waals surface area contributed by atoms with Crippen molar-refractivity contribution in [3.8, 4) is 0 Å². The Kier molecular flexibility index (Phi) is 4.97. The highest BCUT2D eigenvalue weighted by Crippen LogP contribution is 2.23. The fraction of sp³-hybridized carbons (Fsp3) is 0.647. The van der Waals surface area contributed by atoms with E-state index in [0.29, 0.717) is 11.9 Å². The molecule has 1 aliphatic rings. The maximum atomic E-state index is 12.5. The first-order valence-electron chi connectivity index (χ1n) is 8.82. The van der Waals surface area contributed by atoms with E-state index in [1.165, 1.54) is 0 Å². The first kappa shape index (κ1) is 16.7. The lowest BCUT2D eigenvalue weighted by Crippen LogP contribution is -2.44. The number of carbonyl (C=O) groups excluding carboxylic acids is 1. The zero-order valence-electron chi connectivity index (χ0n) is 14.7. The first-order valence-corrected chi connectivity index (χ1v) is 8.82. The van der Waals surface area contributed by atoms with Gasteiger partial charge < -0.3 is 10.2 Å². The zero-order valence-corrected chi connectivity index (χ0v) is 14.7. The number of hydrogen-bond donors (Lipinski definition) is 1. The summed E-state index contributed by atoms with van der Waals surface area (Å²) >= 11 is 0.